The van der Waals surface area contributed by atoms with Gasteiger partial charge in [0.05, 0.1) is 12.2 Å². The average Bonchev–Trinajstić information content (AvgIpc) is 2.17. The van der Waals surface area contributed by atoms with Gasteiger partial charge >= 0.3 is 0 Å². The molecule has 1 aliphatic heterocycles. The summed E-state index contributed by atoms with van der Waals surface area (Å²) >= 11 is 0. The van der Waals surface area contributed by atoms with E-state index in [0.717, 1.165) is 19.4 Å². The maximum Gasteiger partial charge on any atom is 0.0615 e. The molecule has 3 N–H and O–H groups in total. The van der Waals surface area contributed by atoms with Crippen molar-refractivity contribution in [3.05, 3.63) is 0 Å². The van der Waals surface area contributed by atoms with Crippen LogP contribution in [-0.4, -0.2) is 47.7 Å². The van der Waals surface area contributed by atoms with Crippen LogP contribution in [-0.2, 0) is 4.74 Å². The van der Waals surface area contributed by atoms with Crippen molar-refractivity contribution in [2.45, 2.75) is 44.2 Å². The number of aliphatic hydroxyl groups is 2. The number of nitrogens with one attached hydrogen (secondary N) is 1. The summed E-state index contributed by atoms with van der Waals surface area (Å²) in [6, 6.07) is 0. The van der Waals surface area contributed by atoms with E-state index in [-0.39, 0.29) is 12.1 Å². The molecular weight excluding hydrogens is 194 g/mol. The molecule has 0 atom stereocenters. The van der Waals surface area contributed by atoms with Gasteiger partial charge in [0.25, 0.3) is 0 Å². The average molecular weight is 217 g/mol. The molecule has 0 bridgehead atoms. The minimum Gasteiger partial charge on any atom is -0.394 e. The molecule has 0 spiro atoms. The topological polar surface area (TPSA) is 61.7 Å². The molecular formula is C11H23NO3. The molecule has 4 heteroatoms. The fourth-order valence-electron chi connectivity index (χ4n) is 1.79. The summed E-state index contributed by atoms with van der Waals surface area (Å²) in [5.41, 5.74) is -0.835. The van der Waals surface area contributed by atoms with Gasteiger partial charge in [-0.05, 0) is 39.7 Å². The fraction of sp³-hybridized carbons (Fsp3) is 1.00. The lowest BCUT2D eigenvalue weighted by Crippen LogP contribution is -2.53. The highest BCUT2D eigenvalue weighted by Crippen LogP contribution is 2.20. The number of hydrogen-bond donors (Lipinski definition) is 3. The van der Waals surface area contributed by atoms with Crippen molar-refractivity contribution in [2.24, 2.45) is 0 Å². The standard InChI is InChI=1S/C11H23NO3/c1-10(2,14)3-6-12-11(9-13)4-7-15-8-5-11/h12-14H,3-9H2,1-2H3. The summed E-state index contributed by atoms with van der Waals surface area (Å²) < 4.78 is 5.27. The lowest BCUT2D eigenvalue weighted by Gasteiger charge is -2.37. The van der Waals surface area contributed by atoms with Gasteiger partial charge in [0.15, 0.2) is 0 Å². The van der Waals surface area contributed by atoms with E-state index in [9.17, 15) is 10.2 Å². The number of ether oxygens (including phenoxy) is 1. The summed E-state index contributed by atoms with van der Waals surface area (Å²) in [4.78, 5) is 0. The molecule has 0 unspecified atom stereocenters. The maximum atomic E-state index is 9.58. The zero-order chi connectivity index (χ0) is 11.4. The van der Waals surface area contributed by atoms with Crippen LogP contribution in [0.5, 0.6) is 0 Å². The molecule has 4 nitrogen and oxygen atoms in total. The first-order chi connectivity index (χ1) is 6.97. The Hall–Kier alpha value is -0.160. The summed E-state index contributed by atoms with van der Waals surface area (Å²) in [7, 11) is 0. The molecule has 0 aromatic rings. The van der Waals surface area contributed by atoms with Crippen LogP contribution in [0.4, 0.5) is 0 Å². The second kappa shape index (κ2) is 5.25. The maximum absolute atomic E-state index is 9.58. The summed E-state index contributed by atoms with van der Waals surface area (Å²) in [5, 5.41) is 22.3. The van der Waals surface area contributed by atoms with Gasteiger partial charge in [0, 0.05) is 18.8 Å². The summed E-state index contributed by atoms with van der Waals surface area (Å²) in [6.07, 6.45) is 2.38. The van der Waals surface area contributed by atoms with Gasteiger partial charge in [-0.15, -0.1) is 0 Å². The first-order valence-corrected chi connectivity index (χ1v) is 5.63. The minimum absolute atomic E-state index is 0.141. The normalized spacial score (nSPS) is 21.6. The van der Waals surface area contributed by atoms with Crippen LogP contribution >= 0.6 is 0 Å². The van der Waals surface area contributed by atoms with Crippen LogP contribution in [0.1, 0.15) is 33.1 Å². The van der Waals surface area contributed by atoms with Crippen molar-refractivity contribution in [3.63, 3.8) is 0 Å². The quantitative estimate of drug-likeness (QED) is 0.619. The van der Waals surface area contributed by atoms with Gasteiger partial charge in [-0.3, -0.25) is 0 Å². The number of rotatable bonds is 5. The van der Waals surface area contributed by atoms with Gasteiger partial charge in [-0.1, -0.05) is 0 Å². The highest BCUT2D eigenvalue weighted by molar-refractivity contribution is 4.90. The zero-order valence-electron chi connectivity index (χ0n) is 9.75. The van der Waals surface area contributed by atoms with Gasteiger partial charge in [0.1, 0.15) is 0 Å². The minimum atomic E-state index is -0.644. The zero-order valence-corrected chi connectivity index (χ0v) is 9.75. The van der Waals surface area contributed by atoms with Crippen LogP contribution in [0.15, 0.2) is 0 Å². The third-order valence-electron chi connectivity index (χ3n) is 2.99. The van der Waals surface area contributed by atoms with Crippen molar-refractivity contribution < 1.29 is 14.9 Å². The van der Waals surface area contributed by atoms with Crippen molar-refractivity contribution in [2.75, 3.05) is 26.4 Å². The molecule has 15 heavy (non-hydrogen) atoms. The monoisotopic (exact) mass is 217 g/mol. The lowest BCUT2D eigenvalue weighted by molar-refractivity contribution is 0.00694. The van der Waals surface area contributed by atoms with Crippen molar-refractivity contribution in [1.82, 2.24) is 5.32 Å². The van der Waals surface area contributed by atoms with Crippen molar-refractivity contribution in [1.29, 1.82) is 0 Å². The fourth-order valence-corrected chi connectivity index (χ4v) is 1.79. The molecule has 0 amide bonds. The predicted octanol–water partition coefficient (Wildman–Crippen LogP) is 0.278. The molecule has 0 saturated carbocycles. The van der Waals surface area contributed by atoms with E-state index < -0.39 is 5.60 Å². The van der Waals surface area contributed by atoms with E-state index in [2.05, 4.69) is 5.32 Å². The van der Waals surface area contributed by atoms with Gasteiger partial charge in [-0.2, -0.15) is 0 Å². The molecule has 90 valence electrons. The molecule has 0 aromatic carbocycles. The molecule has 0 aliphatic carbocycles. The highest BCUT2D eigenvalue weighted by atomic mass is 16.5. The van der Waals surface area contributed by atoms with E-state index >= 15 is 0 Å². The highest BCUT2D eigenvalue weighted by Gasteiger charge is 2.31. The Morgan fingerprint density at radius 1 is 1.33 bits per heavy atom. The van der Waals surface area contributed by atoms with Crippen LogP contribution < -0.4 is 5.32 Å². The van der Waals surface area contributed by atoms with E-state index in [0.29, 0.717) is 19.6 Å². The Balaban J connectivity index is 2.33. The molecule has 1 saturated heterocycles. The number of aliphatic hydroxyl groups excluding tert-OH is 1. The Kier molecular flexibility index (Phi) is 4.52. The van der Waals surface area contributed by atoms with E-state index in [1.165, 1.54) is 0 Å². The first-order valence-electron chi connectivity index (χ1n) is 5.63. The molecule has 0 radical (unpaired) electrons. The smallest absolute Gasteiger partial charge is 0.0615 e. The third kappa shape index (κ3) is 4.47. The molecule has 1 aliphatic rings. The Morgan fingerprint density at radius 3 is 2.40 bits per heavy atom. The molecule has 1 rings (SSSR count). The van der Waals surface area contributed by atoms with Crippen LogP contribution in [0.25, 0.3) is 0 Å². The lowest BCUT2D eigenvalue weighted by atomic mass is 9.90. The predicted molar refractivity (Wildman–Crippen MR) is 58.8 cm³/mol. The molecule has 0 aromatic heterocycles. The Morgan fingerprint density at radius 2 is 1.93 bits per heavy atom. The summed E-state index contributed by atoms with van der Waals surface area (Å²) in [5.74, 6) is 0. The summed E-state index contributed by atoms with van der Waals surface area (Å²) in [6.45, 7) is 5.87. The van der Waals surface area contributed by atoms with Crippen LogP contribution in [0.3, 0.4) is 0 Å². The SMILES string of the molecule is CC(C)(O)CCNC1(CO)CCOCC1. The van der Waals surface area contributed by atoms with Crippen molar-refractivity contribution in [3.8, 4) is 0 Å². The first kappa shape index (κ1) is 12.9. The second-order valence-electron chi connectivity index (χ2n) is 5.04. The number of hydrogen-bond acceptors (Lipinski definition) is 4. The van der Waals surface area contributed by atoms with Crippen LogP contribution in [0.2, 0.25) is 0 Å². The Labute approximate surface area is 91.6 Å². The van der Waals surface area contributed by atoms with E-state index in [1.807, 2.05) is 0 Å². The molecule has 1 fully saturated rings. The van der Waals surface area contributed by atoms with E-state index in [1.54, 1.807) is 13.8 Å². The van der Waals surface area contributed by atoms with E-state index in [4.69, 9.17) is 4.74 Å². The molecule has 1 heterocycles. The Bertz CT molecular complexity index is 183. The second-order valence-corrected chi connectivity index (χ2v) is 5.04. The van der Waals surface area contributed by atoms with Gasteiger partial charge in [-0.25, -0.2) is 0 Å². The largest absolute Gasteiger partial charge is 0.394 e. The van der Waals surface area contributed by atoms with Gasteiger partial charge in [0.2, 0.25) is 0 Å². The van der Waals surface area contributed by atoms with Crippen LogP contribution in [0, 0.1) is 0 Å². The van der Waals surface area contributed by atoms with Gasteiger partial charge < -0.3 is 20.3 Å². The van der Waals surface area contributed by atoms with Crippen molar-refractivity contribution >= 4 is 0 Å². The third-order valence-corrected chi connectivity index (χ3v) is 2.99.